The number of benzene rings is 2. The number of hydrogen-bond acceptors (Lipinski definition) is 2. The Morgan fingerprint density at radius 3 is 1.26 bits per heavy atom. The molecule has 2 aromatic rings. The van der Waals surface area contributed by atoms with Crippen LogP contribution in [0.2, 0.25) is 20.1 Å². The van der Waals surface area contributed by atoms with Crippen molar-refractivity contribution < 1.29 is 0 Å². The molecule has 2 nitrogen and oxygen atoms in total. The lowest BCUT2D eigenvalue weighted by Gasteiger charge is -2.21. The average Bonchev–Trinajstić information content (AvgIpc) is 2.53. The highest BCUT2D eigenvalue weighted by molar-refractivity contribution is 6.36. The lowest BCUT2D eigenvalue weighted by molar-refractivity contribution is 0.515. The van der Waals surface area contributed by atoms with Crippen molar-refractivity contribution >= 4 is 46.4 Å². The van der Waals surface area contributed by atoms with Gasteiger partial charge in [-0.3, -0.25) is 0 Å². The molecule has 0 aromatic heterocycles. The molecule has 0 unspecified atom stereocenters. The lowest BCUT2D eigenvalue weighted by atomic mass is 9.79. The zero-order valence-electron chi connectivity index (χ0n) is 11.8. The summed E-state index contributed by atoms with van der Waals surface area (Å²) < 4.78 is 0. The number of rotatable bonds is 4. The van der Waals surface area contributed by atoms with Gasteiger partial charge in [-0.2, -0.15) is 10.5 Å². The van der Waals surface area contributed by atoms with E-state index < -0.39 is 5.41 Å². The monoisotopic (exact) mass is 382 g/mol. The molecular formula is C17H10Cl4N2. The van der Waals surface area contributed by atoms with E-state index in [2.05, 4.69) is 12.1 Å². The summed E-state index contributed by atoms with van der Waals surface area (Å²) >= 11 is 24.6. The first-order valence-corrected chi connectivity index (χ1v) is 8.12. The summed E-state index contributed by atoms with van der Waals surface area (Å²) in [5.41, 5.74) is -0.257. The van der Waals surface area contributed by atoms with Crippen LogP contribution in [0.15, 0.2) is 36.4 Å². The minimum atomic E-state index is -1.37. The fraction of sp³-hybridized carbons (Fsp3) is 0.176. The van der Waals surface area contributed by atoms with Gasteiger partial charge in [0.2, 0.25) is 0 Å². The van der Waals surface area contributed by atoms with E-state index >= 15 is 0 Å². The second-order valence-electron chi connectivity index (χ2n) is 5.06. The van der Waals surface area contributed by atoms with Gasteiger partial charge in [0.15, 0.2) is 5.41 Å². The number of nitrogens with zero attached hydrogens (tertiary/aromatic N) is 2. The molecule has 0 amide bonds. The molecule has 0 fully saturated rings. The molecular weight excluding hydrogens is 374 g/mol. The molecule has 0 saturated heterocycles. The Balaban J connectivity index is 2.46. The van der Waals surface area contributed by atoms with Crippen molar-refractivity contribution in [1.82, 2.24) is 0 Å². The van der Waals surface area contributed by atoms with Gasteiger partial charge in [-0.15, -0.1) is 0 Å². The van der Waals surface area contributed by atoms with E-state index in [-0.39, 0.29) is 12.8 Å². The SMILES string of the molecule is N#CC(C#N)(Cc1c(Cl)cccc1Cl)Cc1c(Cl)cccc1Cl. The number of nitriles is 2. The van der Waals surface area contributed by atoms with Crippen LogP contribution < -0.4 is 0 Å². The molecule has 116 valence electrons. The Hall–Kier alpha value is -1.42. The third kappa shape index (κ3) is 3.92. The smallest absolute Gasteiger partial charge is 0.152 e. The zero-order chi connectivity index (χ0) is 17.0. The van der Waals surface area contributed by atoms with Crippen LogP contribution in [-0.2, 0) is 12.8 Å². The Morgan fingerprint density at radius 2 is 1.00 bits per heavy atom. The molecule has 0 saturated carbocycles. The van der Waals surface area contributed by atoms with Crippen molar-refractivity contribution in [2.75, 3.05) is 0 Å². The van der Waals surface area contributed by atoms with Crippen molar-refractivity contribution in [3.05, 3.63) is 67.6 Å². The Morgan fingerprint density at radius 1 is 0.696 bits per heavy atom. The maximum Gasteiger partial charge on any atom is 0.152 e. The second kappa shape index (κ2) is 7.43. The van der Waals surface area contributed by atoms with Gasteiger partial charge in [0.25, 0.3) is 0 Å². The highest BCUT2D eigenvalue weighted by Crippen LogP contribution is 2.37. The molecule has 0 atom stereocenters. The van der Waals surface area contributed by atoms with Gasteiger partial charge in [0, 0.05) is 32.9 Å². The normalized spacial score (nSPS) is 10.9. The maximum absolute atomic E-state index is 9.62. The molecule has 6 heteroatoms. The minimum absolute atomic E-state index is 0.0834. The quantitative estimate of drug-likeness (QED) is 0.638. The Labute approximate surface area is 154 Å². The van der Waals surface area contributed by atoms with E-state index in [1.54, 1.807) is 36.4 Å². The van der Waals surface area contributed by atoms with Gasteiger partial charge >= 0.3 is 0 Å². The summed E-state index contributed by atoms with van der Waals surface area (Å²) in [5.74, 6) is 0. The van der Waals surface area contributed by atoms with Crippen molar-refractivity contribution in [3.8, 4) is 12.1 Å². The molecule has 23 heavy (non-hydrogen) atoms. The first-order chi connectivity index (χ1) is 10.9. The maximum atomic E-state index is 9.62. The minimum Gasteiger partial charge on any atom is -0.197 e. The molecule has 0 aliphatic rings. The summed E-state index contributed by atoms with van der Waals surface area (Å²) in [4.78, 5) is 0. The average molecular weight is 384 g/mol. The largest absolute Gasteiger partial charge is 0.197 e. The van der Waals surface area contributed by atoms with Crippen LogP contribution in [0.5, 0.6) is 0 Å². The predicted molar refractivity (Wildman–Crippen MR) is 94.0 cm³/mol. The number of hydrogen-bond donors (Lipinski definition) is 0. The summed E-state index contributed by atoms with van der Waals surface area (Å²) in [6.07, 6.45) is 0.167. The van der Waals surface area contributed by atoms with Gasteiger partial charge < -0.3 is 0 Å². The highest BCUT2D eigenvalue weighted by Gasteiger charge is 2.34. The topological polar surface area (TPSA) is 47.6 Å². The third-order valence-electron chi connectivity index (χ3n) is 3.51. The molecule has 2 aromatic carbocycles. The van der Waals surface area contributed by atoms with E-state index in [1.165, 1.54) is 0 Å². The van der Waals surface area contributed by atoms with E-state index in [0.29, 0.717) is 31.2 Å². The van der Waals surface area contributed by atoms with Crippen molar-refractivity contribution in [1.29, 1.82) is 10.5 Å². The Kier molecular flexibility index (Phi) is 5.79. The fourth-order valence-corrected chi connectivity index (χ4v) is 3.31. The molecule has 0 bridgehead atoms. The Bertz CT molecular complexity index is 708. The predicted octanol–water partition coefficient (Wildman–Crippen LogP) is 6.12. The third-order valence-corrected chi connectivity index (χ3v) is 4.92. The van der Waals surface area contributed by atoms with Crippen LogP contribution in [0.4, 0.5) is 0 Å². The van der Waals surface area contributed by atoms with Crippen molar-refractivity contribution in [3.63, 3.8) is 0 Å². The zero-order valence-corrected chi connectivity index (χ0v) is 14.8. The van der Waals surface area contributed by atoms with Crippen LogP contribution >= 0.6 is 46.4 Å². The molecule has 0 spiro atoms. The fourth-order valence-electron chi connectivity index (χ4n) is 2.25. The first-order valence-electron chi connectivity index (χ1n) is 6.61. The van der Waals surface area contributed by atoms with E-state index in [0.717, 1.165) is 0 Å². The van der Waals surface area contributed by atoms with Gasteiger partial charge in [0.05, 0.1) is 12.1 Å². The van der Waals surface area contributed by atoms with Crippen molar-refractivity contribution in [2.24, 2.45) is 5.41 Å². The summed E-state index contributed by atoms with van der Waals surface area (Å²) in [5, 5.41) is 20.9. The highest BCUT2D eigenvalue weighted by atomic mass is 35.5. The van der Waals surface area contributed by atoms with E-state index in [9.17, 15) is 10.5 Å². The van der Waals surface area contributed by atoms with Crippen LogP contribution in [0.25, 0.3) is 0 Å². The summed E-state index contributed by atoms with van der Waals surface area (Å²) in [7, 11) is 0. The molecule has 0 radical (unpaired) electrons. The van der Waals surface area contributed by atoms with Crippen LogP contribution in [0.1, 0.15) is 11.1 Å². The molecule has 0 aliphatic heterocycles. The summed E-state index contributed by atoms with van der Waals surface area (Å²) in [6.45, 7) is 0. The number of halogens is 4. The van der Waals surface area contributed by atoms with Gasteiger partial charge in [-0.25, -0.2) is 0 Å². The molecule has 0 aliphatic carbocycles. The van der Waals surface area contributed by atoms with Gasteiger partial charge in [-0.1, -0.05) is 58.5 Å². The standard InChI is InChI=1S/C17H10Cl4N2/c18-13-3-1-4-14(19)11(13)7-17(9-22,10-23)8-12-15(20)5-2-6-16(12)21/h1-6H,7-8H2. The van der Waals surface area contributed by atoms with E-state index in [1.807, 2.05) is 0 Å². The van der Waals surface area contributed by atoms with Gasteiger partial charge in [0.1, 0.15) is 0 Å². The summed E-state index contributed by atoms with van der Waals surface area (Å²) in [6, 6.07) is 14.3. The van der Waals surface area contributed by atoms with E-state index in [4.69, 9.17) is 46.4 Å². The molecule has 0 heterocycles. The van der Waals surface area contributed by atoms with Crippen LogP contribution in [-0.4, -0.2) is 0 Å². The lowest BCUT2D eigenvalue weighted by Crippen LogP contribution is -2.23. The van der Waals surface area contributed by atoms with Crippen molar-refractivity contribution in [2.45, 2.75) is 12.8 Å². The second-order valence-corrected chi connectivity index (χ2v) is 6.69. The first kappa shape index (κ1) is 17.9. The molecule has 0 N–H and O–H groups in total. The van der Waals surface area contributed by atoms with Gasteiger partial charge in [-0.05, 0) is 35.4 Å². The van der Waals surface area contributed by atoms with Crippen LogP contribution in [0.3, 0.4) is 0 Å². The molecule has 2 rings (SSSR count). The van der Waals surface area contributed by atoms with Crippen LogP contribution in [0, 0.1) is 28.1 Å².